The van der Waals surface area contributed by atoms with Crippen LogP contribution in [0.25, 0.3) is 0 Å². The van der Waals surface area contributed by atoms with Gasteiger partial charge in [0.2, 0.25) is 0 Å². The maximum absolute atomic E-state index is 6.14. The normalized spacial score (nSPS) is 25.3. The van der Waals surface area contributed by atoms with Gasteiger partial charge in [0.1, 0.15) is 0 Å². The molecule has 0 aromatic heterocycles. The van der Waals surface area contributed by atoms with Crippen molar-refractivity contribution in [2.45, 2.75) is 45.1 Å². The van der Waals surface area contributed by atoms with Crippen LogP contribution in [-0.4, -0.2) is 0 Å². The molecule has 1 aromatic carbocycles. The third-order valence-corrected chi connectivity index (χ3v) is 3.42. The second kappa shape index (κ2) is 4.36. The summed E-state index contributed by atoms with van der Waals surface area (Å²) >= 11 is 0. The van der Waals surface area contributed by atoms with Gasteiger partial charge >= 0.3 is 0 Å². The van der Waals surface area contributed by atoms with Gasteiger partial charge in [-0.1, -0.05) is 38.1 Å². The molecule has 0 bridgehead atoms. The fourth-order valence-corrected chi connectivity index (χ4v) is 2.73. The van der Waals surface area contributed by atoms with Gasteiger partial charge in [0.15, 0.2) is 0 Å². The van der Waals surface area contributed by atoms with Crippen LogP contribution in [-0.2, 0) is 0 Å². The SMILES string of the molecule is CC(C)CC1CCC(N)c2ccccc21. The van der Waals surface area contributed by atoms with Gasteiger partial charge < -0.3 is 5.73 Å². The van der Waals surface area contributed by atoms with E-state index in [9.17, 15) is 0 Å². The van der Waals surface area contributed by atoms with Crippen molar-refractivity contribution in [1.82, 2.24) is 0 Å². The van der Waals surface area contributed by atoms with E-state index in [0.29, 0.717) is 0 Å². The lowest BCUT2D eigenvalue weighted by molar-refractivity contribution is 0.420. The number of rotatable bonds is 2. The van der Waals surface area contributed by atoms with E-state index in [1.165, 1.54) is 24.0 Å². The summed E-state index contributed by atoms with van der Waals surface area (Å²) in [4.78, 5) is 0. The molecule has 0 saturated heterocycles. The van der Waals surface area contributed by atoms with Crippen molar-refractivity contribution < 1.29 is 0 Å². The van der Waals surface area contributed by atoms with E-state index in [1.54, 1.807) is 0 Å². The Morgan fingerprint density at radius 1 is 1.20 bits per heavy atom. The molecule has 82 valence electrons. The molecule has 0 aliphatic heterocycles. The first kappa shape index (κ1) is 10.7. The van der Waals surface area contributed by atoms with E-state index in [4.69, 9.17) is 5.73 Å². The smallest absolute Gasteiger partial charge is 0.0297 e. The number of nitrogens with two attached hydrogens (primary N) is 1. The summed E-state index contributed by atoms with van der Waals surface area (Å²) in [5.74, 6) is 1.51. The van der Waals surface area contributed by atoms with E-state index in [0.717, 1.165) is 18.3 Å². The number of hydrogen-bond acceptors (Lipinski definition) is 1. The van der Waals surface area contributed by atoms with E-state index in [2.05, 4.69) is 38.1 Å². The maximum Gasteiger partial charge on any atom is 0.0297 e. The highest BCUT2D eigenvalue weighted by Gasteiger charge is 2.24. The molecule has 2 unspecified atom stereocenters. The molecule has 0 saturated carbocycles. The Morgan fingerprint density at radius 3 is 2.53 bits per heavy atom. The Hall–Kier alpha value is -0.820. The van der Waals surface area contributed by atoms with Gasteiger partial charge in [0, 0.05) is 6.04 Å². The lowest BCUT2D eigenvalue weighted by atomic mass is 9.77. The van der Waals surface area contributed by atoms with Crippen LogP contribution in [0.15, 0.2) is 24.3 Å². The van der Waals surface area contributed by atoms with E-state index in [-0.39, 0.29) is 6.04 Å². The highest BCUT2D eigenvalue weighted by atomic mass is 14.6. The first-order valence-corrected chi connectivity index (χ1v) is 6.03. The van der Waals surface area contributed by atoms with Gasteiger partial charge in [0.25, 0.3) is 0 Å². The minimum atomic E-state index is 0.268. The predicted octanol–water partition coefficient (Wildman–Crippen LogP) is 3.61. The van der Waals surface area contributed by atoms with E-state index < -0.39 is 0 Å². The molecular formula is C14H21N. The standard InChI is InChI=1S/C14H21N/c1-10(2)9-11-7-8-14(15)13-6-4-3-5-12(11)13/h3-6,10-11,14H,7-9,15H2,1-2H3. The number of benzene rings is 1. The van der Waals surface area contributed by atoms with Crippen LogP contribution in [0.3, 0.4) is 0 Å². The van der Waals surface area contributed by atoms with Gasteiger partial charge in [-0.2, -0.15) is 0 Å². The fourth-order valence-electron chi connectivity index (χ4n) is 2.73. The second-order valence-corrected chi connectivity index (χ2v) is 5.14. The van der Waals surface area contributed by atoms with Gasteiger partial charge in [-0.05, 0) is 42.2 Å². The zero-order chi connectivity index (χ0) is 10.8. The number of hydrogen-bond donors (Lipinski definition) is 1. The summed E-state index contributed by atoms with van der Waals surface area (Å²) in [6.45, 7) is 4.61. The van der Waals surface area contributed by atoms with Crippen LogP contribution < -0.4 is 5.73 Å². The molecule has 0 spiro atoms. The molecule has 1 aliphatic rings. The van der Waals surface area contributed by atoms with Gasteiger partial charge in [0.05, 0.1) is 0 Å². The van der Waals surface area contributed by atoms with Gasteiger partial charge in [-0.15, -0.1) is 0 Å². The van der Waals surface area contributed by atoms with Crippen LogP contribution in [0, 0.1) is 5.92 Å². The molecule has 1 nitrogen and oxygen atoms in total. The summed E-state index contributed by atoms with van der Waals surface area (Å²) < 4.78 is 0. The summed E-state index contributed by atoms with van der Waals surface area (Å²) in [7, 11) is 0. The molecular weight excluding hydrogens is 182 g/mol. The van der Waals surface area contributed by atoms with Crippen molar-refractivity contribution in [1.29, 1.82) is 0 Å². The molecule has 1 aromatic rings. The average Bonchev–Trinajstić information content (AvgIpc) is 2.22. The minimum Gasteiger partial charge on any atom is -0.324 e. The number of fused-ring (bicyclic) bond motifs is 1. The van der Waals surface area contributed by atoms with Crippen molar-refractivity contribution in [2.75, 3.05) is 0 Å². The van der Waals surface area contributed by atoms with E-state index in [1.807, 2.05) is 0 Å². The van der Waals surface area contributed by atoms with Crippen molar-refractivity contribution in [3.8, 4) is 0 Å². The van der Waals surface area contributed by atoms with Crippen LogP contribution >= 0.6 is 0 Å². The Balaban J connectivity index is 2.28. The zero-order valence-corrected chi connectivity index (χ0v) is 9.74. The molecule has 2 N–H and O–H groups in total. The van der Waals surface area contributed by atoms with Crippen LogP contribution in [0.4, 0.5) is 0 Å². The van der Waals surface area contributed by atoms with Crippen molar-refractivity contribution >= 4 is 0 Å². The average molecular weight is 203 g/mol. The Morgan fingerprint density at radius 2 is 1.87 bits per heavy atom. The van der Waals surface area contributed by atoms with Crippen LogP contribution in [0.1, 0.15) is 56.2 Å². The third kappa shape index (κ3) is 2.23. The van der Waals surface area contributed by atoms with Crippen molar-refractivity contribution in [2.24, 2.45) is 11.7 Å². The molecule has 15 heavy (non-hydrogen) atoms. The third-order valence-electron chi connectivity index (χ3n) is 3.42. The molecule has 0 heterocycles. The highest BCUT2D eigenvalue weighted by molar-refractivity contribution is 5.35. The summed E-state index contributed by atoms with van der Waals surface area (Å²) in [5, 5.41) is 0. The minimum absolute atomic E-state index is 0.268. The monoisotopic (exact) mass is 203 g/mol. The topological polar surface area (TPSA) is 26.0 Å². The van der Waals surface area contributed by atoms with Crippen LogP contribution in [0.5, 0.6) is 0 Å². The van der Waals surface area contributed by atoms with Crippen LogP contribution in [0.2, 0.25) is 0 Å². The Bertz CT molecular complexity index is 330. The molecule has 1 aliphatic carbocycles. The lowest BCUT2D eigenvalue weighted by Gasteiger charge is -2.30. The van der Waals surface area contributed by atoms with Gasteiger partial charge in [-0.25, -0.2) is 0 Å². The lowest BCUT2D eigenvalue weighted by Crippen LogP contribution is -2.21. The highest BCUT2D eigenvalue weighted by Crippen LogP contribution is 2.39. The largest absolute Gasteiger partial charge is 0.324 e. The summed E-state index contributed by atoms with van der Waals surface area (Å²) in [6.07, 6.45) is 3.70. The fraction of sp³-hybridized carbons (Fsp3) is 0.571. The molecule has 0 radical (unpaired) electrons. The summed E-state index contributed by atoms with van der Waals surface area (Å²) in [5.41, 5.74) is 9.03. The molecule has 0 amide bonds. The van der Waals surface area contributed by atoms with Crippen molar-refractivity contribution in [3.63, 3.8) is 0 Å². The molecule has 1 heteroatoms. The first-order chi connectivity index (χ1) is 7.18. The van der Waals surface area contributed by atoms with E-state index >= 15 is 0 Å². The molecule has 2 atom stereocenters. The molecule has 2 rings (SSSR count). The zero-order valence-electron chi connectivity index (χ0n) is 9.74. The first-order valence-electron chi connectivity index (χ1n) is 6.03. The Labute approximate surface area is 92.7 Å². The van der Waals surface area contributed by atoms with Crippen molar-refractivity contribution in [3.05, 3.63) is 35.4 Å². The van der Waals surface area contributed by atoms with Gasteiger partial charge in [-0.3, -0.25) is 0 Å². The molecule has 0 fully saturated rings. The summed E-state index contributed by atoms with van der Waals surface area (Å²) in [6, 6.07) is 8.98. The predicted molar refractivity (Wildman–Crippen MR) is 64.8 cm³/mol. The Kier molecular flexibility index (Phi) is 3.11. The maximum atomic E-state index is 6.14. The second-order valence-electron chi connectivity index (χ2n) is 5.14. The quantitative estimate of drug-likeness (QED) is 0.780.